The number of nitrogens with one attached hydrogen (secondary N) is 4. The molecule has 0 atom stereocenters. The lowest BCUT2D eigenvalue weighted by Crippen LogP contribution is -2.48. The Morgan fingerprint density at radius 3 is 2.14 bits per heavy atom. The highest BCUT2D eigenvalue weighted by Crippen LogP contribution is 2.15. The molecule has 0 aliphatic carbocycles. The summed E-state index contributed by atoms with van der Waals surface area (Å²) in [4.78, 5) is 31.4. The monoisotopic (exact) mass is 394 g/mol. The zero-order valence-electron chi connectivity index (χ0n) is 16.3. The summed E-state index contributed by atoms with van der Waals surface area (Å²) >= 11 is 0. The quantitative estimate of drug-likeness (QED) is 0.489. The van der Waals surface area contributed by atoms with Crippen LogP contribution < -0.4 is 10.6 Å². The summed E-state index contributed by atoms with van der Waals surface area (Å²) in [6.45, 7) is 5.27. The number of carbonyl (C=O) groups excluding carboxylic acids is 1. The van der Waals surface area contributed by atoms with Gasteiger partial charge >= 0.3 is 6.03 Å². The van der Waals surface area contributed by atoms with Gasteiger partial charge in [-0.3, -0.25) is 4.90 Å². The molecule has 1 fully saturated rings. The summed E-state index contributed by atoms with van der Waals surface area (Å²) in [6.07, 6.45) is 7.18. The highest BCUT2D eigenvalue weighted by Gasteiger charge is 2.16. The number of benzene rings is 1. The summed E-state index contributed by atoms with van der Waals surface area (Å²) < 4.78 is 0. The number of imidazole rings is 2. The number of hydrogen-bond acceptors (Lipinski definition) is 5. The normalized spacial score (nSPS) is 14.3. The predicted molar refractivity (Wildman–Crippen MR) is 110 cm³/mol. The number of aromatic amines is 2. The number of hydrogen-bond donors (Lipinski definition) is 4. The number of nitrogens with zero attached hydrogens (tertiary/aromatic N) is 4. The first-order valence-electron chi connectivity index (χ1n) is 9.81. The molecule has 1 aromatic carbocycles. The Hall–Kier alpha value is -3.17. The van der Waals surface area contributed by atoms with Gasteiger partial charge in [-0.25, -0.2) is 14.8 Å². The summed E-state index contributed by atoms with van der Waals surface area (Å²) in [6, 6.07) is 7.95. The van der Waals surface area contributed by atoms with E-state index in [0.29, 0.717) is 13.1 Å². The van der Waals surface area contributed by atoms with E-state index in [-0.39, 0.29) is 6.03 Å². The van der Waals surface area contributed by atoms with Crippen LogP contribution >= 0.6 is 0 Å². The van der Waals surface area contributed by atoms with E-state index >= 15 is 0 Å². The van der Waals surface area contributed by atoms with Gasteiger partial charge < -0.3 is 25.5 Å². The van der Waals surface area contributed by atoms with Crippen LogP contribution in [-0.2, 0) is 19.6 Å². The van der Waals surface area contributed by atoms with E-state index in [1.165, 1.54) is 0 Å². The van der Waals surface area contributed by atoms with Gasteiger partial charge in [-0.1, -0.05) is 12.1 Å². The van der Waals surface area contributed by atoms with Gasteiger partial charge in [0.25, 0.3) is 0 Å². The lowest BCUT2D eigenvalue weighted by atomic mass is 10.2. The summed E-state index contributed by atoms with van der Waals surface area (Å²) in [5, 5.41) is 6.23. The molecule has 0 unspecified atom stereocenters. The van der Waals surface area contributed by atoms with Crippen molar-refractivity contribution in [3.05, 3.63) is 66.3 Å². The van der Waals surface area contributed by atoms with E-state index in [0.717, 1.165) is 55.6 Å². The third-order valence-corrected chi connectivity index (χ3v) is 4.87. The predicted octanol–water partition coefficient (Wildman–Crippen LogP) is 1.77. The summed E-state index contributed by atoms with van der Waals surface area (Å²) in [5.74, 6) is 1.83. The first kappa shape index (κ1) is 19.2. The number of amides is 2. The Kier molecular flexibility index (Phi) is 6.18. The third kappa shape index (κ3) is 5.43. The Balaban J connectivity index is 1.37. The lowest BCUT2D eigenvalue weighted by molar-refractivity contribution is 0.204. The van der Waals surface area contributed by atoms with E-state index in [1.54, 1.807) is 12.4 Å². The average Bonchev–Trinajstić information content (AvgIpc) is 3.44. The van der Waals surface area contributed by atoms with Crippen LogP contribution in [0.5, 0.6) is 0 Å². The van der Waals surface area contributed by atoms with Crippen LogP contribution in [0.2, 0.25) is 0 Å². The van der Waals surface area contributed by atoms with Gasteiger partial charge in [-0.2, -0.15) is 0 Å². The van der Waals surface area contributed by atoms with E-state index in [2.05, 4.69) is 35.5 Å². The molecule has 0 saturated carbocycles. The number of anilines is 1. The van der Waals surface area contributed by atoms with Crippen LogP contribution in [-0.4, -0.2) is 61.9 Å². The van der Waals surface area contributed by atoms with Crippen LogP contribution in [0.4, 0.5) is 10.5 Å². The zero-order valence-corrected chi connectivity index (χ0v) is 16.3. The number of aromatic nitrogens is 4. The van der Waals surface area contributed by atoms with Crippen molar-refractivity contribution in [3.63, 3.8) is 0 Å². The van der Waals surface area contributed by atoms with E-state index in [1.807, 2.05) is 41.6 Å². The molecular weight excluding hydrogens is 368 g/mol. The standard InChI is InChI=1S/C20H26N8O/c29-20(28-11-9-21-10-12-28)26-17-3-1-16(2-4-17)13-27(14-18-22-5-6-23-18)15-19-24-7-8-25-19/h1-8,21H,9-15H2,(H,22,23)(H,24,25)(H,26,29). The third-order valence-electron chi connectivity index (χ3n) is 4.87. The van der Waals surface area contributed by atoms with Crippen molar-refractivity contribution >= 4 is 11.7 Å². The van der Waals surface area contributed by atoms with Crippen molar-refractivity contribution < 1.29 is 4.79 Å². The highest BCUT2D eigenvalue weighted by atomic mass is 16.2. The molecule has 9 heteroatoms. The second-order valence-corrected chi connectivity index (χ2v) is 7.08. The Morgan fingerprint density at radius 1 is 0.966 bits per heavy atom. The minimum atomic E-state index is -0.0449. The molecule has 3 heterocycles. The van der Waals surface area contributed by atoms with Gasteiger partial charge in [0, 0.05) is 63.2 Å². The maximum Gasteiger partial charge on any atom is 0.321 e. The van der Waals surface area contributed by atoms with Crippen molar-refractivity contribution in [2.24, 2.45) is 0 Å². The van der Waals surface area contributed by atoms with Crippen molar-refractivity contribution in [1.29, 1.82) is 0 Å². The van der Waals surface area contributed by atoms with Gasteiger partial charge in [-0.05, 0) is 17.7 Å². The molecule has 4 rings (SSSR count). The molecule has 1 saturated heterocycles. The van der Waals surface area contributed by atoms with Crippen LogP contribution in [0.15, 0.2) is 49.1 Å². The second-order valence-electron chi connectivity index (χ2n) is 7.08. The van der Waals surface area contributed by atoms with Crippen LogP contribution in [0.1, 0.15) is 17.2 Å². The molecule has 3 aromatic rings. The van der Waals surface area contributed by atoms with Gasteiger partial charge in [0.15, 0.2) is 0 Å². The minimum Gasteiger partial charge on any atom is -0.348 e. The molecule has 9 nitrogen and oxygen atoms in total. The summed E-state index contributed by atoms with van der Waals surface area (Å²) in [5.41, 5.74) is 1.96. The lowest BCUT2D eigenvalue weighted by Gasteiger charge is -2.27. The smallest absolute Gasteiger partial charge is 0.321 e. The molecule has 1 aliphatic rings. The highest BCUT2D eigenvalue weighted by molar-refractivity contribution is 5.89. The maximum absolute atomic E-state index is 12.3. The van der Waals surface area contributed by atoms with Gasteiger partial charge in [0.05, 0.1) is 13.1 Å². The zero-order chi connectivity index (χ0) is 19.9. The number of H-pyrrole nitrogens is 2. The van der Waals surface area contributed by atoms with Gasteiger partial charge in [-0.15, -0.1) is 0 Å². The number of urea groups is 1. The van der Waals surface area contributed by atoms with Crippen LogP contribution in [0, 0.1) is 0 Å². The Bertz CT molecular complexity index is 834. The first-order valence-corrected chi connectivity index (χ1v) is 9.81. The van der Waals surface area contributed by atoms with Gasteiger partial charge in [0.2, 0.25) is 0 Å². The van der Waals surface area contributed by atoms with E-state index in [9.17, 15) is 4.79 Å². The molecular formula is C20H26N8O. The van der Waals surface area contributed by atoms with E-state index in [4.69, 9.17) is 0 Å². The van der Waals surface area contributed by atoms with Crippen LogP contribution in [0.25, 0.3) is 0 Å². The number of piperazine rings is 1. The molecule has 152 valence electrons. The topological polar surface area (TPSA) is 105 Å². The van der Waals surface area contributed by atoms with Crippen LogP contribution in [0.3, 0.4) is 0 Å². The minimum absolute atomic E-state index is 0.0449. The molecule has 2 aromatic heterocycles. The Morgan fingerprint density at radius 2 is 1.59 bits per heavy atom. The molecule has 2 amide bonds. The number of rotatable bonds is 7. The first-order chi connectivity index (χ1) is 14.3. The fourth-order valence-corrected chi connectivity index (χ4v) is 3.38. The molecule has 29 heavy (non-hydrogen) atoms. The summed E-state index contributed by atoms with van der Waals surface area (Å²) in [7, 11) is 0. The average molecular weight is 394 g/mol. The fourth-order valence-electron chi connectivity index (χ4n) is 3.38. The molecule has 0 bridgehead atoms. The van der Waals surface area contributed by atoms with Crippen molar-refractivity contribution in [3.8, 4) is 0 Å². The maximum atomic E-state index is 12.3. The largest absolute Gasteiger partial charge is 0.348 e. The molecule has 4 N–H and O–H groups in total. The number of carbonyl (C=O) groups is 1. The molecule has 0 radical (unpaired) electrons. The van der Waals surface area contributed by atoms with Gasteiger partial charge in [0.1, 0.15) is 11.6 Å². The van der Waals surface area contributed by atoms with Crippen molar-refractivity contribution in [2.75, 3.05) is 31.5 Å². The second kappa shape index (κ2) is 9.35. The van der Waals surface area contributed by atoms with Crippen molar-refractivity contribution in [1.82, 2.24) is 35.1 Å². The molecule has 1 aliphatic heterocycles. The van der Waals surface area contributed by atoms with E-state index < -0.39 is 0 Å². The SMILES string of the molecule is O=C(Nc1ccc(CN(Cc2ncc[nH]2)Cc2ncc[nH]2)cc1)N1CCNCC1. The molecule has 0 spiro atoms. The fraction of sp³-hybridized carbons (Fsp3) is 0.350. The Labute approximate surface area is 169 Å². The van der Waals surface area contributed by atoms with Crippen molar-refractivity contribution in [2.45, 2.75) is 19.6 Å².